The van der Waals surface area contributed by atoms with Crippen LogP contribution in [0.5, 0.6) is 5.75 Å². The maximum absolute atomic E-state index is 13.2. The summed E-state index contributed by atoms with van der Waals surface area (Å²) < 4.78 is 19.9. The van der Waals surface area contributed by atoms with Crippen molar-refractivity contribution in [3.63, 3.8) is 0 Å². The third-order valence-corrected chi connectivity index (χ3v) is 6.56. The minimum atomic E-state index is -0.0830. The lowest BCUT2D eigenvalue weighted by molar-refractivity contribution is 0.305. The van der Waals surface area contributed by atoms with Crippen LogP contribution < -0.4 is 10.3 Å². The second-order valence-electron chi connectivity index (χ2n) is 8.53. The fourth-order valence-electron chi connectivity index (χ4n) is 4.95. The van der Waals surface area contributed by atoms with Gasteiger partial charge >= 0.3 is 0 Å². The number of nitrogens with zero attached hydrogens (tertiary/aromatic N) is 1. The maximum atomic E-state index is 13.2. The van der Waals surface area contributed by atoms with Crippen molar-refractivity contribution >= 4 is 21.7 Å². The van der Waals surface area contributed by atoms with Crippen molar-refractivity contribution in [1.29, 1.82) is 0 Å². The number of benzene rings is 3. The van der Waals surface area contributed by atoms with Gasteiger partial charge in [-0.15, -0.1) is 0 Å². The van der Waals surface area contributed by atoms with E-state index in [0.717, 1.165) is 49.7 Å². The molecule has 0 spiro atoms. The van der Waals surface area contributed by atoms with Crippen LogP contribution in [0.15, 0.2) is 105 Å². The molecule has 164 valence electrons. The zero-order valence-corrected chi connectivity index (χ0v) is 18.2. The van der Waals surface area contributed by atoms with Crippen molar-refractivity contribution in [2.24, 2.45) is 0 Å². The van der Waals surface area contributed by atoms with E-state index < -0.39 is 0 Å². The summed E-state index contributed by atoms with van der Waals surface area (Å²) >= 11 is 0. The van der Waals surface area contributed by atoms with E-state index in [1.165, 1.54) is 0 Å². The van der Waals surface area contributed by atoms with Gasteiger partial charge in [-0.2, -0.15) is 0 Å². The molecule has 0 saturated heterocycles. The first-order chi connectivity index (χ1) is 16.8. The van der Waals surface area contributed by atoms with Crippen molar-refractivity contribution in [2.75, 3.05) is 0 Å². The molecule has 0 fully saturated rings. The number of furan rings is 2. The second-order valence-corrected chi connectivity index (χ2v) is 8.53. The minimum Gasteiger partial charge on any atom is -0.486 e. The van der Waals surface area contributed by atoms with Crippen molar-refractivity contribution in [1.82, 2.24) is 4.57 Å². The fourth-order valence-corrected chi connectivity index (χ4v) is 4.95. The summed E-state index contributed by atoms with van der Waals surface area (Å²) in [5, 5.41) is 3.18. The van der Waals surface area contributed by atoms with Crippen LogP contribution in [0.25, 0.3) is 44.3 Å². The molecule has 4 heterocycles. The first kappa shape index (κ1) is 19.0. The monoisotopic (exact) mass is 445 g/mol. The molecule has 0 N–H and O–H groups in total. The van der Waals surface area contributed by atoms with Gasteiger partial charge in [0.2, 0.25) is 0 Å². The standard InChI is InChI=1S/C29H19NO4/c31-27-10-9-22-23(25-7-3-11-32-25)15-24(26-8-4-12-33-26)29-28(22)30(27)16-20-13-18-5-1-2-6-19(18)14-21(20)17-34-29/h1-15H,16-17H2. The average molecular weight is 445 g/mol. The summed E-state index contributed by atoms with van der Waals surface area (Å²) in [5.41, 5.74) is 4.46. The van der Waals surface area contributed by atoms with Crippen molar-refractivity contribution < 1.29 is 13.6 Å². The molecule has 0 aliphatic carbocycles. The van der Waals surface area contributed by atoms with E-state index in [1.807, 2.05) is 48.5 Å². The van der Waals surface area contributed by atoms with Crippen LogP contribution in [0, 0.1) is 0 Å². The number of hydrogen-bond donors (Lipinski definition) is 0. The predicted octanol–water partition coefficient (Wildman–Crippen LogP) is 6.62. The second kappa shape index (κ2) is 7.25. The van der Waals surface area contributed by atoms with Gasteiger partial charge in [0.05, 0.1) is 30.2 Å². The van der Waals surface area contributed by atoms with Crippen molar-refractivity contribution in [3.05, 3.63) is 113 Å². The molecule has 3 aromatic carbocycles. The van der Waals surface area contributed by atoms with Crippen LogP contribution >= 0.6 is 0 Å². The third-order valence-electron chi connectivity index (χ3n) is 6.56. The van der Waals surface area contributed by atoms with Crippen LogP contribution in [0.2, 0.25) is 0 Å². The summed E-state index contributed by atoms with van der Waals surface area (Å²) in [4.78, 5) is 13.2. The highest BCUT2D eigenvalue weighted by Gasteiger charge is 2.24. The topological polar surface area (TPSA) is 57.5 Å². The first-order valence-electron chi connectivity index (χ1n) is 11.2. The molecule has 0 radical (unpaired) electrons. The van der Waals surface area contributed by atoms with Crippen LogP contribution in [-0.2, 0) is 13.2 Å². The molecule has 3 aromatic heterocycles. The van der Waals surface area contributed by atoms with E-state index in [2.05, 4.69) is 24.3 Å². The van der Waals surface area contributed by atoms with Gasteiger partial charge in [0, 0.05) is 17.0 Å². The molecule has 1 aliphatic rings. The smallest absolute Gasteiger partial charge is 0.251 e. The maximum Gasteiger partial charge on any atom is 0.251 e. The fraction of sp³-hybridized carbons (Fsp3) is 0.0690. The Balaban J connectivity index is 1.58. The van der Waals surface area contributed by atoms with Gasteiger partial charge in [-0.25, -0.2) is 0 Å². The number of fused-ring (bicyclic) bond motifs is 2. The van der Waals surface area contributed by atoms with E-state index in [1.54, 1.807) is 23.2 Å². The Morgan fingerprint density at radius 3 is 2.12 bits per heavy atom. The van der Waals surface area contributed by atoms with Crippen LogP contribution in [0.1, 0.15) is 11.1 Å². The molecule has 7 rings (SSSR count). The Morgan fingerprint density at radius 1 is 0.706 bits per heavy atom. The average Bonchev–Trinajstić information content (AvgIpc) is 3.57. The summed E-state index contributed by atoms with van der Waals surface area (Å²) in [6.45, 7) is 0.845. The normalized spacial score (nSPS) is 12.8. The van der Waals surface area contributed by atoms with Crippen LogP contribution in [0.3, 0.4) is 0 Å². The van der Waals surface area contributed by atoms with Gasteiger partial charge in [0.1, 0.15) is 18.1 Å². The summed E-state index contributed by atoms with van der Waals surface area (Å²) in [7, 11) is 0. The van der Waals surface area contributed by atoms with Gasteiger partial charge in [-0.05, 0) is 70.4 Å². The molecule has 0 saturated carbocycles. The van der Waals surface area contributed by atoms with E-state index >= 15 is 0 Å². The number of ether oxygens (including phenoxy) is 1. The summed E-state index contributed by atoms with van der Waals surface area (Å²) in [5.74, 6) is 2.03. The molecule has 0 amide bonds. The summed E-state index contributed by atoms with van der Waals surface area (Å²) in [6.07, 6.45) is 3.29. The van der Waals surface area contributed by atoms with E-state index in [4.69, 9.17) is 13.6 Å². The molecule has 6 aromatic rings. The molecular weight excluding hydrogens is 426 g/mol. The predicted molar refractivity (Wildman–Crippen MR) is 131 cm³/mol. The van der Waals surface area contributed by atoms with E-state index in [-0.39, 0.29) is 5.56 Å². The van der Waals surface area contributed by atoms with Crippen LogP contribution in [0.4, 0.5) is 0 Å². The lowest BCUT2D eigenvalue weighted by atomic mass is 9.97. The number of aromatic nitrogens is 1. The SMILES string of the molecule is O=c1ccc2c(-c3ccco3)cc(-c3ccco3)c3c2n1Cc1cc2ccccc2cc1CO3. The number of pyridine rings is 1. The number of hydrogen-bond acceptors (Lipinski definition) is 4. The van der Waals surface area contributed by atoms with E-state index in [9.17, 15) is 4.79 Å². The van der Waals surface area contributed by atoms with Gasteiger partial charge in [-0.3, -0.25) is 4.79 Å². The van der Waals surface area contributed by atoms with Gasteiger partial charge < -0.3 is 18.1 Å². The Morgan fingerprint density at radius 2 is 1.41 bits per heavy atom. The zero-order chi connectivity index (χ0) is 22.6. The Labute approximate surface area is 194 Å². The van der Waals surface area contributed by atoms with Crippen molar-refractivity contribution in [2.45, 2.75) is 13.2 Å². The minimum absolute atomic E-state index is 0.0830. The van der Waals surface area contributed by atoms with Gasteiger partial charge in [0.25, 0.3) is 5.56 Å². The highest BCUT2D eigenvalue weighted by atomic mass is 16.5. The van der Waals surface area contributed by atoms with Gasteiger partial charge in [0.15, 0.2) is 5.75 Å². The highest BCUT2D eigenvalue weighted by Crippen LogP contribution is 2.43. The number of rotatable bonds is 2. The van der Waals surface area contributed by atoms with Gasteiger partial charge in [-0.1, -0.05) is 24.3 Å². The Hall–Kier alpha value is -4.51. The lowest BCUT2D eigenvalue weighted by Crippen LogP contribution is -2.23. The molecule has 5 heteroatoms. The Bertz CT molecular complexity index is 1740. The molecule has 0 unspecified atom stereocenters. The molecule has 34 heavy (non-hydrogen) atoms. The summed E-state index contributed by atoms with van der Waals surface area (Å²) in [6, 6.07) is 25.6. The quantitative estimate of drug-likeness (QED) is 0.301. The zero-order valence-electron chi connectivity index (χ0n) is 18.2. The molecule has 5 nitrogen and oxygen atoms in total. The van der Waals surface area contributed by atoms with Crippen LogP contribution in [-0.4, -0.2) is 4.57 Å². The molecule has 1 aliphatic heterocycles. The molecule has 0 atom stereocenters. The lowest BCUT2D eigenvalue weighted by Gasteiger charge is -2.23. The molecule has 0 bridgehead atoms. The van der Waals surface area contributed by atoms with E-state index in [0.29, 0.717) is 24.7 Å². The third kappa shape index (κ3) is 2.83. The highest BCUT2D eigenvalue weighted by molar-refractivity contribution is 6.02. The van der Waals surface area contributed by atoms with Crippen molar-refractivity contribution in [3.8, 4) is 28.4 Å². The largest absolute Gasteiger partial charge is 0.486 e. The first-order valence-corrected chi connectivity index (χ1v) is 11.2. The molecular formula is C29H19NO4. The Kier molecular flexibility index (Phi) is 4.05.